The van der Waals surface area contributed by atoms with Crippen molar-refractivity contribution in [2.75, 3.05) is 0 Å². The molecule has 0 unspecified atom stereocenters. The zero-order chi connectivity index (χ0) is 13.1. The van der Waals surface area contributed by atoms with Crippen LogP contribution in [0.25, 0.3) is 0 Å². The van der Waals surface area contributed by atoms with Gasteiger partial charge in [0.05, 0.1) is 0 Å². The van der Waals surface area contributed by atoms with Crippen LogP contribution < -0.4 is 5.32 Å². The SMILES string of the molecule is CCc1cnc(CNC2CCC3(CCCC3)CC2)s1. The zero-order valence-corrected chi connectivity index (χ0v) is 12.9. The molecule has 3 rings (SSSR count). The number of nitrogens with one attached hydrogen (secondary N) is 1. The Kier molecular flexibility index (Phi) is 4.23. The van der Waals surface area contributed by atoms with Crippen LogP contribution in [-0.2, 0) is 13.0 Å². The van der Waals surface area contributed by atoms with E-state index in [0.717, 1.165) is 24.4 Å². The fourth-order valence-corrected chi connectivity index (χ4v) is 4.70. The summed E-state index contributed by atoms with van der Waals surface area (Å²) in [6.45, 7) is 3.18. The molecule has 0 radical (unpaired) electrons. The van der Waals surface area contributed by atoms with Crippen LogP contribution >= 0.6 is 11.3 Å². The Morgan fingerprint density at radius 2 is 2.00 bits per heavy atom. The molecular weight excluding hydrogens is 252 g/mol. The molecule has 2 fully saturated rings. The van der Waals surface area contributed by atoms with Crippen LogP contribution in [0, 0.1) is 5.41 Å². The Labute approximate surface area is 121 Å². The smallest absolute Gasteiger partial charge is 0.107 e. The number of hydrogen-bond donors (Lipinski definition) is 1. The Bertz CT molecular complexity index is 397. The molecule has 0 bridgehead atoms. The van der Waals surface area contributed by atoms with Crippen LogP contribution in [0.2, 0.25) is 0 Å². The summed E-state index contributed by atoms with van der Waals surface area (Å²) >= 11 is 1.87. The highest BCUT2D eigenvalue weighted by atomic mass is 32.1. The predicted molar refractivity (Wildman–Crippen MR) is 81.5 cm³/mol. The van der Waals surface area contributed by atoms with Crippen molar-refractivity contribution in [3.05, 3.63) is 16.1 Å². The van der Waals surface area contributed by atoms with Gasteiger partial charge in [-0.2, -0.15) is 0 Å². The molecule has 1 aromatic heterocycles. The fourth-order valence-electron chi connectivity index (χ4n) is 3.88. The first-order valence-corrected chi connectivity index (χ1v) is 8.78. The van der Waals surface area contributed by atoms with Crippen molar-refractivity contribution < 1.29 is 0 Å². The molecule has 1 spiro atoms. The van der Waals surface area contributed by atoms with E-state index >= 15 is 0 Å². The largest absolute Gasteiger partial charge is 0.308 e. The molecule has 0 saturated heterocycles. The minimum Gasteiger partial charge on any atom is -0.308 e. The molecule has 2 saturated carbocycles. The van der Waals surface area contributed by atoms with E-state index in [4.69, 9.17) is 0 Å². The van der Waals surface area contributed by atoms with E-state index in [9.17, 15) is 0 Å². The predicted octanol–water partition coefficient (Wildman–Crippen LogP) is 4.30. The summed E-state index contributed by atoms with van der Waals surface area (Å²) in [5.74, 6) is 0. The van der Waals surface area contributed by atoms with Crippen molar-refractivity contribution in [3.8, 4) is 0 Å². The monoisotopic (exact) mass is 278 g/mol. The van der Waals surface area contributed by atoms with Crippen molar-refractivity contribution >= 4 is 11.3 Å². The summed E-state index contributed by atoms with van der Waals surface area (Å²) in [4.78, 5) is 5.91. The van der Waals surface area contributed by atoms with Gasteiger partial charge in [-0.05, 0) is 50.4 Å². The highest BCUT2D eigenvalue weighted by molar-refractivity contribution is 7.11. The second-order valence-corrected chi connectivity index (χ2v) is 7.64. The summed E-state index contributed by atoms with van der Waals surface area (Å²) in [6.07, 6.45) is 14.8. The summed E-state index contributed by atoms with van der Waals surface area (Å²) in [5.41, 5.74) is 0.759. The topological polar surface area (TPSA) is 24.9 Å². The van der Waals surface area contributed by atoms with Crippen LogP contribution in [-0.4, -0.2) is 11.0 Å². The van der Waals surface area contributed by atoms with Crippen molar-refractivity contribution in [2.45, 2.75) is 77.3 Å². The number of aromatic nitrogens is 1. The Hall–Kier alpha value is -0.410. The molecule has 1 aromatic rings. The molecule has 0 aliphatic heterocycles. The number of hydrogen-bond acceptors (Lipinski definition) is 3. The quantitative estimate of drug-likeness (QED) is 0.888. The van der Waals surface area contributed by atoms with Crippen molar-refractivity contribution in [1.29, 1.82) is 0 Å². The van der Waals surface area contributed by atoms with Crippen LogP contribution in [0.3, 0.4) is 0 Å². The highest BCUT2D eigenvalue weighted by Crippen LogP contribution is 2.48. The molecule has 106 valence electrons. The highest BCUT2D eigenvalue weighted by Gasteiger charge is 2.37. The lowest BCUT2D eigenvalue weighted by molar-refractivity contribution is 0.168. The molecule has 0 atom stereocenters. The molecule has 19 heavy (non-hydrogen) atoms. The van der Waals surface area contributed by atoms with Gasteiger partial charge in [0, 0.05) is 23.7 Å². The third-order valence-corrected chi connectivity index (χ3v) is 6.34. The average Bonchev–Trinajstić information content (AvgIpc) is 3.08. The van der Waals surface area contributed by atoms with E-state index in [2.05, 4.69) is 17.2 Å². The third-order valence-electron chi connectivity index (χ3n) is 5.20. The fraction of sp³-hybridized carbons (Fsp3) is 0.812. The normalized spacial score (nSPS) is 23.2. The maximum atomic E-state index is 4.50. The molecule has 2 aliphatic rings. The average molecular weight is 278 g/mol. The summed E-state index contributed by atoms with van der Waals surface area (Å²) in [5, 5.41) is 4.99. The first kappa shape index (κ1) is 13.6. The maximum absolute atomic E-state index is 4.50. The summed E-state index contributed by atoms with van der Waals surface area (Å²) in [6, 6.07) is 0.736. The van der Waals surface area contributed by atoms with Gasteiger partial charge in [0.1, 0.15) is 5.01 Å². The Morgan fingerprint density at radius 3 is 2.63 bits per heavy atom. The van der Waals surface area contributed by atoms with Gasteiger partial charge in [-0.1, -0.05) is 19.8 Å². The molecule has 3 heteroatoms. The van der Waals surface area contributed by atoms with Crippen LogP contribution in [0.5, 0.6) is 0 Å². The van der Waals surface area contributed by atoms with Gasteiger partial charge < -0.3 is 5.32 Å². The van der Waals surface area contributed by atoms with Gasteiger partial charge in [0.15, 0.2) is 0 Å². The van der Waals surface area contributed by atoms with E-state index in [-0.39, 0.29) is 0 Å². The molecule has 0 aromatic carbocycles. The Morgan fingerprint density at radius 1 is 1.26 bits per heavy atom. The van der Waals surface area contributed by atoms with E-state index in [0.29, 0.717) is 0 Å². The van der Waals surface area contributed by atoms with Gasteiger partial charge in [-0.15, -0.1) is 11.3 Å². The molecule has 1 N–H and O–H groups in total. The standard InChI is InChI=1S/C16H26N2S/c1-2-14-11-18-15(19-14)12-17-13-5-9-16(10-6-13)7-3-4-8-16/h11,13,17H,2-10,12H2,1H3. The molecule has 2 nitrogen and oxygen atoms in total. The molecule has 2 aliphatic carbocycles. The first-order chi connectivity index (χ1) is 9.30. The molecule has 0 amide bonds. The van der Waals surface area contributed by atoms with Crippen molar-refractivity contribution in [3.63, 3.8) is 0 Å². The minimum absolute atomic E-state index is 0.736. The van der Waals surface area contributed by atoms with Crippen LogP contribution in [0.1, 0.15) is 68.2 Å². The van der Waals surface area contributed by atoms with Crippen LogP contribution in [0.15, 0.2) is 6.20 Å². The summed E-state index contributed by atoms with van der Waals surface area (Å²) < 4.78 is 0. The minimum atomic E-state index is 0.736. The second kappa shape index (κ2) is 5.92. The number of rotatable bonds is 4. The summed E-state index contributed by atoms with van der Waals surface area (Å²) in [7, 11) is 0. The molecular formula is C16H26N2S. The zero-order valence-electron chi connectivity index (χ0n) is 12.1. The van der Waals surface area contributed by atoms with Gasteiger partial charge in [0.2, 0.25) is 0 Å². The van der Waals surface area contributed by atoms with Gasteiger partial charge in [-0.3, -0.25) is 0 Å². The van der Waals surface area contributed by atoms with Gasteiger partial charge in [0.25, 0.3) is 0 Å². The lowest BCUT2D eigenvalue weighted by Gasteiger charge is -2.37. The van der Waals surface area contributed by atoms with E-state index in [1.807, 2.05) is 17.5 Å². The number of nitrogens with zero attached hydrogens (tertiary/aromatic N) is 1. The maximum Gasteiger partial charge on any atom is 0.107 e. The molecule has 1 heterocycles. The van der Waals surface area contributed by atoms with Crippen molar-refractivity contribution in [1.82, 2.24) is 10.3 Å². The first-order valence-electron chi connectivity index (χ1n) is 7.97. The second-order valence-electron chi connectivity index (χ2n) is 6.44. The number of thiazole rings is 1. The third kappa shape index (κ3) is 3.19. The van der Waals surface area contributed by atoms with E-state index in [1.165, 1.54) is 61.3 Å². The van der Waals surface area contributed by atoms with E-state index in [1.54, 1.807) is 0 Å². The van der Waals surface area contributed by atoms with Crippen LogP contribution in [0.4, 0.5) is 0 Å². The Balaban J connectivity index is 1.44. The van der Waals surface area contributed by atoms with Gasteiger partial charge in [-0.25, -0.2) is 4.98 Å². The van der Waals surface area contributed by atoms with Crippen molar-refractivity contribution in [2.24, 2.45) is 5.41 Å². The van der Waals surface area contributed by atoms with Gasteiger partial charge >= 0.3 is 0 Å². The lowest BCUT2D eigenvalue weighted by Crippen LogP contribution is -2.36. The lowest BCUT2D eigenvalue weighted by atomic mass is 9.71. The number of aryl methyl sites for hydroxylation is 1. The van der Waals surface area contributed by atoms with E-state index < -0.39 is 0 Å².